The molecule has 0 aliphatic carbocycles. The number of carbonyl (C=O) groups excluding carboxylic acids is 1. The van der Waals surface area contributed by atoms with Crippen LogP contribution in [0.2, 0.25) is 0 Å². The van der Waals surface area contributed by atoms with Crippen molar-refractivity contribution < 1.29 is 40.3 Å². The first-order valence-corrected chi connectivity index (χ1v) is 13.1. The molecule has 0 amide bonds. The number of hydrogen-bond acceptors (Lipinski definition) is 5. The third-order valence-electron chi connectivity index (χ3n) is 6.66. The first-order valence-electron chi connectivity index (χ1n) is 13.1. The lowest BCUT2D eigenvalue weighted by molar-refractivity contribution is -0.158. The molecule has 3 heterocycles. The number of alkyl halides is 6. The average molecular weight is 620 g/mol. The summed E-state index contributed by atoms with van der Waals surface area (Å²) in [6, 6.07) is 8.56. The topological polar surface area (TPSA) is 74.8 Å². The molecule has 230 valence electrons. The van der Waals surface area contributed by atoms with Gasteiger partial charge in [-0.05, 0) is 57.2 Å². The largest absolute Gasteiger partial charge is 0.458 e. The number of halogens is 7. The zero-order valence-corrected chi connectivity index (χ0v) is 23.6. The molecular weight excluding hydrogens is 595 g/mol. The van der Waals surface area contributed by atoms with Gasteiger partial charge >= 0.3 is 18.3 Å². The molecule has 0 spiro atoms. The van der Waals surface area contributed by atoms with Gasteiger partial charge < -0.3 is 13.9 Å². The van der Waals surface area contributed by atoms with Crippen LogP contribution in [0.4, 0.5) is 30.7 Å². The molecule has 44 heavy (non-hydrogen) atoms. The van der Waals surface area contributed by atoms with Crippen LogP contribution in [0.25, 0.3) is 34.2 Å². The van der Waals surface area contributed by atoms with Crippen LogP contribution in [0.3, 0.4) is 0 Å². The minimum absolute atomic E-state index is 0.0558. The highest BCUT2D eigenvalue weighted by atomic mass is 19.4. The van der Waals surface area contributed by atoms with Crippen molar-refractivity contribution in [1.29, 1.82) is 0 Å². The summed E-state index contributed by atoms with van der Waals surface area (Å²) in [6.45, 7) is 4.89. The fraction of sp³-hybridized carbons (Fsp3) is 0.267. The Kier molecular flexibility index (Phi) is 7.50. The van der Waals surface area contributed by atoms with E-state index in [1.54, 1.807) is 26.8 Å². The lowest BCUT2D eigenvalue weighted by Gasteiger charge is -2.26. The van der Waals surface area contributed by atoms with Crippen molar-refractivity contribution in [3.63, 3.8) is 0 Å². The van der Waals surface area contributed by atoms with Gasteiger partial charge in [0, 0.05) is 24.5 Å². The van der Waals surface area contributed by atoms with Gasteiger partial charge in [0.25, 0.3) is 0 Å². The third kappa shape index (κ3) is 6.01. The van der Waals surface area contributed by atoms with Crippen molar-refractivity contribution >= 4 is 5.97 Å². The number of esters is 1. The number of carbonyl (C=O) groups is 1. The summed E-state index contributed by atoms with van der Waals surface area (Å²) in [7, 11) is 1.38. The minimum Gasteiger partial charge on any atom is -0.458 e. The molecule has 7 nitrogen and oxygen atoms in total. The first kappa shape index (κ1) is 30.7. The first-order chi connectivity index (χ1) is 20.4. The van der Waals surface area contributed by atoms with Crippen molar-refractivity contribution in [1.82, 2.24) is 24.1 Å². The maximum absolute atomic E-state index is 14.4. The van der Waals surface area contributed by atoms with Crippen LogP contribution in [-0.4, -0.2) is 35.7 Å². The van der Waals surface area contributed by atoms with E-state index in [0.717, 1.165) is 6.07 Å². The summed E-state index contributed by atoms with van der Waals surface area (Å²) in [5.74, 6) is -1.15. The monoisotopic (exact) mass is 619 g/mol. The Hall–Kier alpha value is -4.75. The number of benzene rings is 2. The molecule has 1 unspecified atom stereocenters. The van der Waals surface area contributed by atoms with Gasteiger partial charge in [-0.25, -0.2) is 24.1 Å². The molecule has 2 aliphatic heterocycles. The summed E-state index contributed by atoms with van der Waals surface area (Å²) in [5.41, 5.74) is -4.05. The van der Waals surface area contributed by atoms with E-state index in [9.17, 15) is 35.5 Å². The maximum Gasteiger partial charge on any atom is 0.417 e. The quantitative estimate of drug-likeness (QED) is 0.150. The summed E-state index contributed by atoms with van der Waals surface area (Å²) in [4.78, 5) is 26.4. The molecule has 0 fully saturated rings. The Morgan fingerprint density at radius 3 is 2.20 bits per heavy atom. The van der Waals surface area contributed by atoms with Crippen molar-refractivity contribution in [2.45, 2.75) is 44.8 Å². The highest BCUT2D eigenvalue weighted by Crippen LogP contribution is 2.42. The normalized spacial score (nSPS) is 13.3. The second kappa shape index (κ2) is 10.8. The summed E-state index contributed by atoms with van der Waals surface area (Å²) in [5, 5.41) is 0. The molecule has 0 saturated carbocycles. The van der Waals surface area contributed by atoms with Crippen molar-refractivity contribution in [3.05, 3.63) is 89.8 Å². The van der Waals surface area contributed by atoms with Crippen LogP contribution in [0.5, 0.6) is 0 Å². The zero-order valence-electron chi connectivity index (χ0n) is 23.6. The number of nitrogens with zero attached hydrogens (tertiary/aromatic N) is 5. The fourth-order valence-corrected chi connectivity index (χ4v) is 4.73. The number of imidazole rings is 1. The molecule has 0 saturated heterocycles. The average Bonchev–Trinajstić information content (AvgIpc) is 3.50. The molecule has 0 N–H and O–H groups in total. The van der Waals surface area contributed by atoms with Crippen LogP contribution in [0, 0.1) is 5.82 Å². The van der Waals surface area contributed by atoms with E-state index in [0.29, 0.717) is 6.07 Å². The number of ether oxygens (including phenoxy) is 1. The van der Waals surface area contributed by atoms with Gasteiger partial charge in [0.15, 0.2) is 17.7 Å². The van der Waals surface area contributed by atoms with E-state index in [1.807, 2.05) is 0 Å². The van der Waals surface area contributed by atoms with Crippen LogP contribution >= 0.6 is 0 Å². The smallest absolute Gasteiger partial charge is 0.417 e. The molecule has 2 aliphatic rings. The molecule has 1 aromatic heterocycles. The second-order valence-electron chi connectivity index (χ2n) is 11.0. The number of aromatic nitrogens is 5. The Bertz CT molecular complexity index is 1820. The summed E-state index contributed by atoms with van der Waals surface area (Å²) in [6.07, 6.45) is -7.43. The van der Waals surface area contributed by atoms with Crippen molar-refractivity contribution in [2.24, 2.45) is 7.05 Å². The highest BCUT2D eigenvalue weighted by Gasteiger charge is 2.39. The number of hydrogen-bond donors (Lipinski definition) is 0. The van der Waals surface area contributed by atoms with Gasteiger partial charge in [0.1, 0.15) is 17.1 Å². The van der Waals surface area contributed by atoms with E-state index < -0.39 is 52.5 Å². The van der Waals surface area contributed by atoms with E-state index in [4.69, 9.17) is 4.74 Å². The van der Waals surface area contributed by atoms with Gasteiger partial charge in [0.05, 0.1) is 28.7 Å². The van der Waals surface area contributed by atoms with Crippen molar-refractivity contribution in [3.8, 4) is 34.2 Å². The van der Waals surface area contributed by atoms with Gasteiger partial charge in [-0.3, -0.25) is 0 Å². The van der Waals surface area contributed by atoms with Crippen LogP contribution in [0.15, 0.2) is 67.1 Å². The SMILES string of the molecule is Cn1c(-c2ccc(C(F)(F)F)cc2C(F)(F)F)ccc1C(C(=O)OC(C)(C)C)n1cnc2nc(-c3ccccc3F)nc-2c1. The fourth-order valence-electron chi connectivity index (χ4n) is 4.73. The Balaban J connectivity index is 1.64. The predicted octanol–water partition coefficient (Wildman–Crippen LogP) is 7.56. The van der Waals surface area contributed by atoms with Crippen LogP contribution in [-0.2, 0) is 28.9 Å². The highest BCUT2D eigenvalue weighted by molar-refractivity contribution is 5.79. The molecule has 3 aromatic rings. The van der Waals surface area contributed by atoms with Gasteiger partial charge in [-0.2, -0.15) is 26.3 Å². The van der Waals surface area contributed by atoms with Gasteiger partial charge in [-0.1, -0.05) is 18.2 Å². The second-order valence-corrected chi connectivity index (χ2v) is 11.0. The van der Waals surface area contributed by atoms with E-state index >= 15 is 0 Å². The Morgan fingerprint density at radius 2 is 1.57 bits per heavy atom. The molecular formula is C30H24F7N5O2. The Labute approximate surface area is 246 Å². The van der Waals surface area contributed by atoms with Gasteiger partial charge in [0.2, 0.25) is 0 Å². The lowest BCUT2D eigenvalue weighted by atomic mass is 10.0. The van der Waals surface area contributed by atoms with Crippen LogP contribution < -0.4 is 0 Å². The number of rotatable bonds is 5. The summed E-state index contributed by atoms with van der Waals surface area (Å²) < 4.78 is 104. The van der Waals surface area contributed by atoms with Crippen molar-refractivity contribution in [2.75, 3.05) is 0 Å². The van der Waals surface area contributed by atoms with E-state index in [2.05, 4.69) is 15.0 Å². The molecule has 0 radical (unpaired) electrons. The molecule has 1 atom stereocenters. The summed E-state index contributed by atoms with van der Waals surface area (Å²) >= 11 is 0. The standard InChI is InChI=1S/C30H24F7N5O2/c1-28(2,3)44-27(43)24(42-14-21-26(38-15-42)40-25(39-21)18-7-5-6-8-20(18)31)23-12-11-22(41(23)4)17-10-9-16(29(32,33)34)13-19(17)30(35,36)37/h5-15,24H,1-4H3. The van der Waals surface area contributed by atoms with Gasteiger partial charge in [-0.15, -0.1) is 0 Å². The number of fused-ring (bicyclic) bond motifs is 1. The van der Waals surface area contributed by atoms with E-state index in [1.165, 1.54) is 59.0 Å². The molecule has 5 rings (SSSR count). The zero-order chi connectivity index (χ0) is 32.2. The molecule has 0 bridgehead atoms. The Morgan fingerprint density at radius 1 is 0.864 bits per heavy atom. The third-order valence-corrected chi connectivity index (χ3v) is 6.66. The van der Waals surface area contributed by atoms with Crippen LogP contribution in [0.1, 0.15) is 43.6 Å². The molecule has 14 heteroatoms. The molecule has 2 aromatic carbocycles. The lowest BCUT2D eigenvalue weighted by Crippen LogP contribution is -2.32. The minimum atomic E-state index is -5.11. The maximum atomic E-state index is 14.4. The predicted molar refractivity (Wildman–Crippen MR) is 145 cm³/mol. The van der Waals surface area contributed by atoms with E-state index in [-0.39, 0.29) is 40.4 Å².